The maximum Gasteiger partial charge on any atom is 0.182 e. The van der Waals surface area contributed by atoms with E-state index in [1.807, 2.05) is 22.8 Å². The number of hydrogen-bond acceptors (Lipinski definition) is 1. The summed E-state index contributed by atoms with van der Waals surface area (Å²) in [6.07, 6.45) is 2.06. The van der Waals surface area contributed by atoms with Crippen LogP contribution in [0.3, 0.4) is 0 Å². The van der Waals surface area contributed by atoms with E-state index in [2.05, 4.69) is 55.4 Å². The summed E-state index contributed by atoms with van der Waals surface area (Å²) >= 11 is 5.43. The van der Waals surface area contributed by atoms with Crippen LogP contribution >= 0.6 is 12.2 Å². The van der Waals surface area contributed by atoms with Crippen LogP contribution in [0.5, 0.6) is 0 Å². The van der Waals surface area contributed by atoms with Crippen LogP contribution in [0.25, 0.3) is 16.9 Å². The van der Waals surface area contributed by atoms with Crippen LogP contribution in [0.1, 0.15) is 11.1 Å². The Labute approximate surface area is 123 Å². The van der Waals surface area contributed by atoms with Gasteiger partial charge in [-0.15, -0.1) is 0 Å². The lowest BCUT2D eigenvalue weighted by molar-refractivity contribution is 1.03. The molecule has 1 N–H and O–H groups in total. The van der Waals surface area contributed by atoms with Crippen LogP contribution in [-0.2, 0) is 0 Å². The number of aryl methyl sites for hydroxylation is 2. The van der Waals surface area contributed by atoms with E-state index in [1.54, 1.807) is 0 Å². The first-order chi connectivity index (χ1) is 9.65. The van der Waals surface area contributed by atoms with E-state index in [1.165, 1.54) is 16.7 Å². The Morgan fingerprint density at radius 2 is 1.75 bits per heavy atom. The zero-order valence-corrected chi connectivity index (χ0v) is 12.4. The first kappa shape index (κ1) is 12.9. The Balaban J connectivity index is 2.12. The molecule has 0 fully saturated rings. The summed E-state index contributed by atoms with van der Waals surface area (Å²) < 4.78 is 2.72. The fraction of sp³-hybridized carbons (Fsp3) is 0.118. The number of H-pyrrole nitrogens is 1. The molecular weight excluding hydrogens is 264 g/mol. The van der Waals surface area contributed by atoms with E-state index in [4.69, 9.17) is 12.2 Å². The number of rotatable bonds is 2. The minimum Gasteiger partial charge on any atom is -0.330 e. The van der Waals surface area contributed by atoms with Gasteiger partial charge < -0.3 is 4.98 Å². The van der Waals surface area contributed by atoms with Gasteiger partial charge in [0.1, 0.15) is 0 Å². The number of imidazole rings is 1. The van der Waals surface area contributed by atoms with Crippen molar-refractivity contribution in [3.8, 4) is 16.9 Å². The average Bonchev–Trinajstić information content (AvgIpc) is 2.81. The third-order valence-electron chi connectivity index (χ3n) is 3.43. The molecule has 0 radical (unpaired) electrons. The van der Waals surface area contributed by atoms with Crippen molar-refractivity contribution in [2.75, 3.05) is 0 Å². The first-order valence-corrected chi connectivity index (χ1v) is 7.01. The third kappa shape index (κ3) is 2.32. The Hall–Kier alpha value is -2.13. The average molecular weight is 280 g/mol. The summed E-state index contributed by atoms with van der Waals surface area (Å²) in [7, 11) is 0. The summed E-state index contributed by atoms with van der Waals surface area (Å²) in [6.45, 7) is 4.23. The molecule has 0 saturated heterocycles. The minimum absolute atomic E-state index is 0.714. The Bertz CT molecular complexity index is 797. The normalized spacial score (nSPS) is 10.7. The largest absolute Gasteiger partial charge is 0.330 e. The molecule has 0 bridgehead atoms. The fourth-order valence-electron chi connectivity index (χ4n) is 2.43. The van der Waals surface area contributed by atoms with Gasteiger partial charge in [0, 0.05) is 17.4 Å². The number of aromatic nitrogens is 2. The van der Waals surface area contributed by atoms with Gasteiger partial charge in [0.2, 0.25) is 0 Å². The van der Waals surface area contributed by atoms with Crippen LogP contribution in [0.2, 0.25) is 0 Å². The number of hydrogen-bond donors (Lipinski definition) is 1. The topological polar surface area (TPSA) is 20.7 Å². The van der Waals surface area contributed by atoms with Gasteiger partial charge in [-0.25, -0.2) is 0 Å². The van der Waals surface area contributed by atoms with Crippen molar-refractivity contribution < 1.29 is 0 Å². The molecule has 3 aromatic rings. The van der Waals surface area contributed by atoms with Gasteiger partial charge >= 0.3 is 0 Å². The molecular formula is C17H16N2S. The second-order valence-corrected chi connectivity index (χ2v) is 5.38. The number of benzene rings is 2. The maximum atomic E-state index is 5.43. The molecule has 20 heavy (non-hydrogen) atoms. The monoisotopic (exact) mass is 280 g/mol. The van der Waals surface area contributed by atoms with Gasteiger partial charge in [0.05, 0.1) is 5.69 Å². The summed E-state index contributed by atoms with van der Waals surface area (Å²) in [5.41, 5.74) is 5.84. The highest BCUT2D eigenvalue weighted by atomic mass is 32.1. The molecule has 2 aromatic carbocycles. The number of para-hydroxylation sites is 1. The standard InChI is InChI=1S/C17H16N2S/c1-12-8-9-15(13(2)10-12)16-11-19(17(20)18-16)14-6-4-3-5-7-14/h3-11H,1-2H3,(H,18,20). The van der Waals surface area contributed by atoms with E-state index in [9.17, 15) is 0 Å². The number of nitrogens with one attached hydrogen (secondary N) is 1. The summed E-state index contributed by atoms with van der Waals surface area (Å²) in [5, 5.41) is 0. The van der Waals surface area contributed by atoms with E-state index >= 15 is 0 Å². The predicted octanol–water partition coefficient (Wildman–Crippen LogP) is 4.82. The summed E-state index contributed by atoms with van der Waals surface area (Å²) in [6, 6.07) is 16.6. The maximum absolute atomic E-state index is 5.43. The lowest BCUT2D eigenvalue weighted by Crippen LogP contribution is -1.90. The minimum atomic E-state index is 0.714. The molecule has 1 heterocycles. The Morgan fingerprint density at radius 1 is 1.00 bits per heavy atom. The molecule has 100 valence electrons. The van der Waals surface area contributed by atoms with Crippen molar-refractivity contribution in [3.05, 3.63) is 70.6 Å². The van der Waals surface area contributed by atoms with Crippen molar-refractivity contribution in [3.63, 3.8) is 0 Å². The third-order valence-corrected chi connectivity index (χ3v) is 3.72. The second kappa shape index (κ2) is 5.10. The SMILES string of the molecule is Cc1ccc(-c2cn(-c3ccccc3)c(=S)[nH]2)c(C)c1. The van der Waals surface area contributed by atoms with Crippen LogP contribution in [0.15, 0.2) is 54.7 Å². The van der Waals surface area contributed by atoms with E-state index in [-0.39, 0.29) is 0 Å². The van der Waals surface area contributed by atoms with Gasteiger partial charge in [-0.3, -0.25) is 4.57 Å². The lowest BCUT2D eigenvalue weighted by Gasteiger charge is -2.04. The van der Waals surface area contributed by atoms with Gasteiger partial charge in [-0.2, -0.15) is 0 Å². The predicted molar refractivity (Wildman–Crippen MR) is 85.9 cm³/mol. The zero-order chi connectivity index (χ0) is 14.1. The fourth-order valence-corrected chi connectivity index (χ4v) is 2.70. The van der Waals surface area contributed by atoms with Crippen molar-refractivity contribution in [2.24, 2.45) is 0 Å². The number of nitrogens with zero attached hydrogens (tertiary/aromatic N) is 1. The first-order valence-electron chi connectivity index (χ1n) is 6.60. The Kier molecular flexibility index (Phi) is 3.28. The van der Waals surface area contributed by atoms with Crippen LogP contribution in [0.4, 0.5) is 0 Å². The van der Waals surface area contributed by atoms with Crippen molar-refractivity contribution in [1.29, 1.82) is 0 Å². The van der Waals surface area contributed by atoms with Crippen LogP contribution in [0, 0.1) is 18.6 Å². The number of aromatic amines is 1. The summed E-state index contributed by atoms with van der Waals surface area (Å²) in [4.78, 5) is 3.30. The highest BCUT2D eigenvalue weighted by molar-refractivity contribution is 7.71. The molecule has 0 aliphatic heterocycles. The molecule has 3 rings (SSSR count). The van der Waals surface area contributed by atoms with Crippen LogP contribution in [-0.4, -0.2) is 9.55 Å². The Morgan fingerprint density at radius 3 is 2.45 bits per heavy atom. The molecule has 0 amide bonds. The highest BCUT2D eigenvalue weighted by Crippen LogP contribution is 2.24. The van der Waals surface area contributed by atoms with Crippen LogP contribution < -0.4 is 0 Å². The highest BCUT2D eigenvalue weighted by Gasteiger charge is 2.07. The lowest BCUT2D eigenvalue weighted by atomic mass is 10.0. The van der Waals surface area contributed by atoms with Gasteiger partial charge in [0.25, 0.3) is 0 Å². The van der Waals surface area contributed by atoms with Gasteiger partial charge in [-0.05, 0) is 43.8 Å². The molecule has 3 heteroatoms. The molecule has 0 aliphatic rings. The quantitative estimate of drug-likeness (QED) is 0.667. The molecule has 0 unspecified atom stereocenters. The molecule has 0 aliphatic carbocycles. The molecule has 2 nitrogen and oxygen atoms in total. The van der Waals surface area contributed by atoms with Crippen molar-refractivity contribution >= 4 is 12.2 Å². The summed E-state index contributed by atoms with van der Waals surface area (Å²) in [5.74, 6) is 0. The van der Waals surface area contributed by atoms with E-state index in [0.717, 1.165) is 11.4 Å². The van der Waals surface area contributed by atoms with E-state index in [0.29, 0.717) is 4.77 Å². The van der Waals surface area contributed by atoms with Crippen molar-refractivity contribution in [1.82, 2.24) is 9.55 Å². The molecule has 1 aromatic heterocycles. The van der Waals surface area contributed by atoms with Crippen molar-refractivity contribution in [2.45, 2.75) is 13.8 Å². The smallest absolute Gasteiger partial charge is 0.182 e. The van der Waals surface area contributed by atoms with Gasteiger partial charge in [-0.1, -0.05) is 42.0 Å². The molecule has 0 spiro atoms. The zero-order valence-electron chi connectivity index (χ0n) is 11.6. The van der Waals surface area contributed by atoms with E-state index < -0.39 is 0 Å². The molecule has 0 atom stereocenters. The van der Waals surface area contributed by atoms with Gasteiger partial charge in [0.15, 0.2) is 4.77 Å². The second-order valence-electron chi connectivity index (χ2n) is 5.00. The molecule has 0 saturated carbocycles.